The maximum Gasteiger partial charge on any atom is 0.416 e. The lowest BCUT2D eigenvalue weighted by molar-refractivity contribution is -0.137. The first-order valence-electron chi connectivity index (χ1n) is 5.92. The quantitative estimate of drug-likeness (QED) is 0.934. The van der Waals surface area contributed by atoms with Crippen LogP contribution in [0.5, 0.6) is 11.6 Å². The first-order valence-corrected chi connectivity index (χ1v) is 5.92. The molecular weight excluding hydrogens is 269 g/mol. The minimum atomic E-state index is -4.40. The molecule has 106 valence electrons. The van der Waals surface area contributed by atoms with Crippen molar-refractivity contribution in [2.75, 3.05) is 0 Å². The van der Waals surface area contributed by atoms with Crippen molar-refractivity contribution in [1.82, 2.24) is 4.98 Å². The average Bonchev–Trinajstić information content (AvgIpc) is 2.38. The van der Waals surface area contributed by atoms with Crippen molar-refractivity contribution in [3.05, 3.63) is 53.2 Å². The number of ether oxygens (including phenoxy) is 1. The fourth-order valence-electron chi connectivity index (χ4n) is 1.70. The molecule has 0 amide bonds. The Balaban J connectivity index is 2.24. The Kier molecular flexibility index (Phi) is 3.94. The van der Waals surface area contributed by atoms with Crippen molar-refractivity contribution in [1.29, 1.82) is 0 Å². The largest absolute Gasteiger partial charge is 0.439 e. The Bertz CT molecular complexity index is 612. The van der Waals surface area contributed by atoms with Gasteiger partial charge in [0.1, 0.15) is 5.75 Å². The van der Waals surface area contributed by atoms with E-state index in [4.69, 9.17) is 10.5 Å². The number of benzene rings is 1. The summed E-state index contributed by atoms with van der Waals surface area (Å²) in [6.45, 7) is 2.11. The van der Waals surface area contributed by atoms with E-state index < -0.39 is 11.7 Å². The first-order chi connectivity index (χ1) is 9.40. The summed E-state index contributed by atoms with van der Waals surface area (Å²) in [7, 11) is 0. The molecule has 1 aromatic heterocycles. The van der Waals surface area contributed by atoms with E-state index in [0.29, 0.717) is 12.2 Å². The molecule has 2 N–H and O–H groups in total. The van der Waals surface area contributed by atoms with Crippen LogP contribution < -0.4 is 10.5 Å². The number of pyridine rings is 1. The van der Waals surface area contributed by atoms with Crippen LogP contribution in [0, 0.1) is 6.92 Å². The Morgan fingerprint density at radius 2 is 1.95 bits per heavy atom. The van der Waals surface area contributed by atoms with Crippen molar-refractivity contribution in [2.45, 2.75) is 19.6 Å². The van der Waals surface area contributed by atoms with Crippen LogP contribution in [-0.2, 0) is 12.7 Å². The Morgan fingerprint density at radius 1 is 1.20 bits per heavy atom. The Hall–Kier alpha value is -2.08. The van der Waals surface area contributed by atoms with E-state index in [2.05, 4.69) is 4.98 Å². The normalized spacial score (nSPS) is 11.4. The topological polar surface area (TPSA) is 48.1 Å². The van der Waals surface area contributed by atoms with Crippen molar-refractivity contribution in [3.8, 4) is 11.6 Å². The van der Waals surface area contributed by atoms with Crippen LogP contribution in [0.3, 0.4) is 0 Å². The smallest absolute Gasteiger partial charge is 0.416 e. The van der Waals surface area contributed by atoms with Gasteiger partial charge in [0.25, 0.3) is 0 Å². The summed E-state index contributed by atoms with van der Waals surface area (Å²) in [5, 5.41) is 0. The van der Waals surface area contributed by atoms with Gasteiger partial charge in [-0.15, -0.1) is 0 Å². The molecule has 0 aliphatic rings. The zero-order valence-corrected chi connectivity index (χ0v) is 10.7. The monoisotopic (exact) mass is 282 g/mol. The van der Waals surface area contributed by atoms with Gasteiger partial charge in [0.15, 0.2) is 0 Å². The van der Waals surface area contributed by atoms with E-state index in [1.807, 2.05) is 0 Å². The second-order valence-corrected chi connectivity index (χ2v) is 4.23. The molecule has 0 radical (unpaired) electrons. The maximum atomic E-state index is 12.6. The molecule has 1 aromatic carbocycles. The first kappa shape index (κ1) is 14.3. The average molecular weight is 282 g/mol. The molecule has 2 aromatic rings. The molecule has 2 rings (SSSR count). The lowest BCUT2D eigenvalue weighted by Crippen LogP contribution is -2.05. The third-order valence-corrected chi connectivity index (χ3v) is 2.77. The summed E-state index contributed by atoms with van der Waals surface area (Å²) in [6.07, 6.45) is -4.40. The summed E-state index contributed by atoms with van der Waals surface area (Å²) in [6, 6.07) is 7.99. The second kappa shape index (κ2) is 5.50. The van der Waals surface area contributed by atoms with E-state index >= 15 is 0 Å². The van der Waals surface area contributed by atoms with E-state index in [1.54, 1.807) is 19.1 Å². The fraction of sp³-hybridized carbons (Fsp3) is 0.214. The number of aromatic nitrogens is 1. The fourth-order valence-corrected chi connectivity index (χ4v) is 1.70. The third-order valence-electron chi connectivity index (χ3n) is 2.77. The highest BCUT2D eigenvalue weighted by atomic mass is 19.4. The molecule has 0 aliphatic heterocycles. The molecule has 1 heterocycles. The predicted molar refractivity (Wildman–Crippen MR) is 68.4 cm³/mol. The summed E-state index contributed by atoms with van der Waals surface area (Å²) in [5.41, 5.74) is 6.31. The molecule has 0 spiro atoms. The Labute approximate surface area is 114 Å². The molecule has 0 fully saturated rings. The summed E-state index contributed by atoms with van der Waals surface area (Å²) in [4.78, 5) is 4.15. The molecule has 0 bridgehead atoms. The molecule has 0 unspecified atom stereocenters. The van der Waals surface area contributed by atoms with E-state index in [0.717, 1.165) is 17.7 Å². The summed E-state index contributed by atoms with van der Waals surface area (Å²) >= 11 is 0. The lowest BCUT2D eigenvalue weighted by Gasteiger charge is -2.10. The maximum absolute atomic E-state index is 12.6. The number of hydrogen-bond acceptors (Lipinski definition) is 3. The molecule has 0 saturated heterocycles. The molecule has 20 heavy (non-hydrogen) atoms. The van der Waals surface area contributed by atoms with Crippen LogP contribution in [0.1, 0.15) is 16.8 Å². The molecular formula is C14H13F3N2O. The minimum absolute atomic E-state index is 0.0900. The number of halogens is 3. The standard InChI is InChI=1S/C14H13F3N2O/c1-9-10(8-18)5-6-13(19-9)20-12-4-2-3-11(7-12)14(15,16)17/h2-7H,8,18H2,1H3. The number of aryl methyl sites for hydroxylation is 1. The van der Waals surface area contributed by atoms with Crippen LogP contribution in [0.25, 0.3) is 0 Å². The van der Waals surface area contributed by atoms with Crippen molar-refractivity contribution in [2.24, 2.45) is 5.73 Å². The molecule has 0 aliphatic carbocycles. The number of rotatable bonds is 3. The van der Waals surface area contributed by atoms with Gasteiger partial charge >= 0.3 is 6.18 Å². The van der Waals surface area contributed by atoms with Crippen LogP contribution in [0.15, 0.2) is 36.4 Å². The van der Waals surface area contributed by atoms with Gasteiger partial charge in [0.2, 0.25) is 5.88 Å². The number of hydrogen-bond donors (Lipinski definition) is 1. The molecule has 0 atom stereocenters. The van der Waals surface area contributed by atoms with Gasteiger partial charge in [-0.05, 0) is 30.7 Å². The van der Waals surface area contributed by atoms with E-state index in [9.17, 15) is 13.2 Å². The molecule has 0 saturated carbocycles. The van der Waals surface area contributed by atoms with Gasteiger partial charge in [-0.2, -0.15) is 13.2 Å². The molecule has 3 nitrogen and oxygen atoms in total. The predicted octanol–water partition coefficient (Wildman–Crippen LogP) is 3.66. The summed E-state index contributed by atoms with van der Waals surface area (Å²) in [5.74, 6) is 0.325. The van der Waals surface area contributed by atoms with Crippen LogP contribution >= 0.6 is 0 Å². The van der Waals surface area contributed by atoms with Gasteiger partial charge < -0.3 is 10.5 Å². The third kappa shape index (κ3) is 3.27. The zero-order chi connectivity index (χ0) is 14.8. The second-order valence-electron chi connectivity index (χ2n) is 4.23. The number of alkyl halides is 3. The SMILES string of the molecule is Cc1nc(Oc2cccc(C(F)(F)F)c2)ccc1CN. The lowest BCUT2D eigenvalue weighted by atomic mass is 10.2. The zero-order valence-electron chi connectivity index (χ0n) is 10.7. The van der Waals surface area contributed by atoms with E-state index in [-0.39, 0.29) is 11.6 Å². The van der Waals surface area contributed by atoms with Crippen molar-refractivity contribution in [3.63, 3.8) is 0 Å². The van der Waals surface area contributed by atoms with Crippen molar-refractivity contribution >= 4 is 0 Å². The van der Waals surface area contributed by atoms with Crippen molar-refractivity contribution < 1.29 is 17.9 Å². The number of nitrogens with two attached hydrogens (primary N) is 1. The summed E-state index contributed by atoms with van der Waals surface area (Å²) < 4.78 is 43.1. The van der Waals surface area contributed by atoms with Gasteiger partial charge in [0, 0.05) is 18.3 Å². The molecule has 6 heteroatoms. The van der Waals surface area contributed by atoms with Gasteiger partial charge in [-0.3, -0.25) is 0 Å². The van der Waals surface area contributed by atoms with Crippen LogP contribution in [0.4, 0.5) is 13.2 Å². The van der Waals surface area contributed by atoms with Gasteiger partial charge in [0.05, 0.1) is 5.56 Å². The highest BCUT2D eigenvalue weighted by molar-refractivity contribution is 5.34. The van der Waals surface area contributed by atoms with Gasteiger partial charge in [-0.25, -0.2) is 4.98 Å². The van der Waals surface area contributed by atoms with Crippen LogP contribution in [-0.4, -0.2) is 4.98 Å². The Morgan fingerprint density at radius 3 is 2.55 bits per heavy atom. The van der Waals surface area contributed by atoms with E-state index in [1.165, 1.54) is 12.1 Å². The number of nitrogens with zero attached hydrogens (tertiary/aromatic N) is 1. The van der Waals surface area contributed by atoms with Crippen LogP contribution in [0.2, 0.25) is 0 Å². The highest BCUT2D eigenvalue weighted by Gasteiger charge is 2.30. The highest BCUT2D eigenvalue weighted by Crippen LogP contribution is 2.32. The minimum Gasteiger partial charge on any atom is -0.439 e. The van der Waals surface area contributed by atoms with Gasteiger partial charge in [-0.1, -0.05) is 12.1 Å².